The van der Waals surface area contributed by atoms with E-state index in [9.17, 15) is 0 Å². The molecule has 2 aliphatic heterocycles. The van der Waals surface area contributed by atoms with Gasteiger partial charge in [0.15, 0.2) is 17.5 Å². The third kappa shape index (κ3) is 5.27. The average molecular weight is 482 g/mol. The van der Waals surface area contributed by atoms with E-state index in [2.05, 4.69) is 22.5 Å². The van der Waals surface area contributed by atoms with E-state index in [-0.39, 0.29) is 29.6 Å². The van der Waals surface area contributed by atoms with Gasteiger partial charge in [-0.3, -0.25) is 4.99 Å². The van der Waals surface area contributed by atoms with Crippen molar-refractivity contribution in [2.75, 3.05) is 33.4 Å². The van der Waals surface area contributed by atoms with Gasteiger partial charge in [-0.25, -0.2) is 0 Å². The highest BCUT2D eigenvalue weighted by Crippen LogP contribution is 2.38. The van der Waals surface area contributed by atoms with Crippen molar-refractivity contribution in [3.8, 4) is 11.5 Å². The van der Waals surface area contributed by atoms with Crippen molar-refractivity contribution >= 4 is 41.5 Å². The SMILES string of the molecule is CN=C(NCc1cc(Cl)c2c(c1)OCCO2)NCC1(C)CCCO1.I. The van der Waals surface area contributed by atoms with Gasteiger partial charge in [-0.15, -0.1) is 24.0 Å². The van der Waals surface area contributed by atoms with Crippen LogP contribution in [0.1, 0.15) is 25.3 Å². The van der Waals surface area contributed by atoms with Gasteiger partial charge < -0.3 is 24.8 Å². The van der Waals surface area contributed by atoms with Crippen molar-refractivity contribution in [2.24, 2.45) is 4.99 Å². The van der Waals surface area contributed by atoms with E-state index < -0.39 is 0 Å². The highest BCUT2D eigenvalue weighted by Gasteiger charge is 2.29. The summed E-state index contributed by atoms with van der Waals surface area (Å²) < 4.78 is 16.9. The van der Waals surface area contributed by atoms with Gasteiger partial charge in [0.2, 0.25) is 0 Å². The number of guanidine groups is 1. The summed E-state index contributed by atoms with van der Waals surface area (Å²) in [7, 11) is 1.75. The highest BCUT2D eigenvalue weighted by atomic mass is 127. The normalized spacial score (nSPS) is 22.3. The maximum absolute atomic E-state index is 6.27. The van der Waals surface area contributed by atoms with E-state index in [1.54, 1.807) is 7.05 Å². The molecule has 2 N–H and O–H groups in total. The number of benzene rings is 1. The summed E-state index contributed by atoms with van der Waals surface area (Å²) in [5.41, 5.74) is 0.897. The molecule has 3 rings (SSSR count). The maximum Gasteiger partial charge on any atom is 0.191 e. The van der Waals surface area contributed by atoms with Crippen LogP contribution in [0.15, 0.2) is 17.1 Å². The molecule has 2 heterocycles. The molecule has 1 unspecified atom stereocenters. The molecule has 1 fully saturated rings. The van der Waals surface area contributed by atoms with Crippen molar-refractivity contribution in [3.05, 3.63) is 22.7 Å². The maximum atomic E-state index is 6.27. The summed E-state index contributed by atoms with van der Waals surface area (Å²) in [6.07, 6.45) is 2.18. The summed E-state index contributed by atoms with van der Waals surface area (Å²) >= 11 is 6.27. The summed E-state index contributed by atoms with van der Waals surface area (Å²) in [6.45, 7) is 5.35. The molecule has 0 saturated carbocycles. The number of halogens is 2. The fourth-order valence-electron chi connectivity index (χ4n) is 2.92. The van der Waals surface area contributed by atoms with E-state index >= 15 is 0 Å². The number of nitrogens with zero attached hydrogens (tertiary/aromatic N) is 1. The lowest BCUT2D eigenvalue weighted by molar-refractivity contribution is 0.0243. The van der Waals surface area contributed by atoms with E-state index in [0.29, 0.717) is 36.3 Å². The molecule has 6 nitrogen and oxygen atoms in total. The van der Waals surface area contributed by atoms with E-state index in [1.165, 1.54) is 0 Å². The second-order valence-electron chi connectivity index (χ2n) is 6.28. The molecule has 1 aromatic carbocycles. The van der Waals surface area contributed by atoms with Crippen molar-refractivity contribution in [1.29, 1.82) is 0 Å². The van der Waals surface area contributed by atoms with Gasteiger partial charge in [0.05, 0.1) is 10.6 Å². The Balaban J connectivity index is 0.00000225. The minimum Gasteiger partial charge on any atom is -0.486 e. The number of fused-ring (bicyclic) bond motifs is 1. The highest BCUT2D eigenvalue weighted by molar-refractivity contribution is 14.0. The lowest BCUT2D eigenvalue weighted by atomic mass is 10.0. The third-order valence-electron chi connectivity index (χ3n) is 4.27. The van der Waals surface area contributed by atoms with Crippen LogP contribution >= 0.6 is 35.6 Å². The van der Waals surface area contributed by atoms with Crippen LogP contribution < -0.4 is 20.1 Å². The molecule has 0 amide bonds. The van der Waals surface area contributed by atoms with Crippen LogP contribution in [0.25, 0.3) is 0 Å². The van der Waals surface area contributed by atoms with Crippen LogP contribution in [0.2, 0.25) is 5.02 Å². The van der Waals surface area contributed by atoms with Crippen molar-refractivity contribution in [1.82, 2.24) is 10.6 Å². The first-order valence-corrected chi connectivity index (χ1v) is 8.64. The predicted molar refractivity (Wildman–Crippen MR) is 110 cm³/mol. The molecule has 0 aliphatic carbocycles. The minimum absolute atomic E-state index is 0. The fourth-order valence-corrected chi connectivity index (χ4v) is 3.21. The molecule has 8 heteroatoms. The van der Waals surface area contributed by atoms with Crippen LogP contribution in [0.5, 0.6) is 11.5 Å². The Morgan fingerprint density at radius 1 is 1.24 bits per heavy atom. The third-order valence-corrected chi connectivity index (χ3v) is 4.55. The number of hydrogen-bond donors (Lipinski definition) is 2. The number of rotatable bonds is 4. The van der Waals surface area contributed by atoms with Gasteiger partial charge in [0, 0.05) is 26.7 Å². The molecule has 2 aliphatic rings. The molecule has 140 valence electrons. The monoisotopic (exact) mass is 481 g/mol. The van der Waals surface area contributed by atoms with Gasteiger partial charge in [0.25, 0.3) is 0 Å². The van der Waals surface area contributed by atoms with Crippen LogP contribution in [0.3, 0.4) is 0 Å². The lowest BCUT2D eigenvalue weighted by Crippen LogP contribution is -2.45. The van der Waals surface area contributed by atoms with Gasteiger partial charge >= 0.3 is 0 Å². The molecular formula is C17H25ClIN3O3. The summed E-state index contributed by atoms with van der Waals surface area (Å²) in [4.78, 5) is 4.26. The number of ether oxygens (including phenoxy) is 3. The molecule has 0 bridgehead atoms. The Labute approximate surface area is 170 Å². The lowest BCUT2D eigenvalue weighted by Gasteiger charge is -2.25. The number of hydrogen-bond acceptors (Lipinski definition) is 4. The molecule has 0 radical (unpaired) electrons. The predicted octanol–water partition coefficient (Wildman–Crippen LogP) is 2.96. The molecule has 25 heavy (non-hydrogen) atoms. The quantitative estimate of drug-likeness (QED) is 0.393. The van der Waals surface area contributed by atoms with Crippen molar-refractivity contribution < 1.29 is 14.2 Å². The molecule has 1 saturated heterocycles. The second-order valence-corrected chi connectivity index (χ2v) is 6.69. The van der Waals surface area contributed by atoms with Gasteiger partial charge in [-0.1, -0.05) is 11.6 Å². The topological polar surface area (TPSA) is 64.1 Å². The largest absolute Gasteiger partial charge is 0.486 e. The number of aliphatic imine (C=N–C) groups is 1. The molecule has 1 aromatic rings. The molecular weight excluding hydrogens is 457 g/mol. The zero-order chi connectivity index (χ0) is 17.0. The first-order valence-electron chi connectivity index (χ1n) is 8.26. The summed E-state index contributed by atoms with van der Waals surface area (Å²) in [5, 5.41) is 7.18. The Bertz CT molecular complexity index is 621. The number of nitrogens with one attached hydrogen (secondary N) is 2. The Hall–Kier alpha value is -0.930. The van der Waals surface area contributed by atoms with Crippen LogP contribution in [0.4, 0.5) is 0 Å². The summed E-state index contributed by atoms with van der Waals surface area (Å²) in [6, 6.07) is 3.83. The standard InChI is InChI=1S/C17H24ClN3O3.HI/c1-17(4-3-5-24-17)11-21-16(19-2)20-10-12-8-13(18)15-14(9-12)22-6-7-23-15;/h8-9H,3-7,10-11H2,1-2H3,(H2,19,20,21);1H. The van der Waals surface area contributed by atoms with Crippen LogP contribution in [-0.4, -0.2) is 45.0 Å². The second kappa shape index (κ2) is 9.14. The van der Waals surface area contributed by atoms with Gasteiger partial charge in [0.1, 0.15) is 13.2 Å². The van der Waals surface area contributed by atoms with E-state index in [4.69, 9.17) is 25.8 Å². The van der Waals surface area contributed by atoms with Gasteiger partial charge in [-0.2, -0.15) is 0 Å². The van der Waals surface area contributed by atoms with Crippen LogP contribution in [-0.2, 0) is 11.3 Å². The minimum atomic E-state index is -0.113. The van der Waals surface area contributed by atoms with E-state index in [0.717, 1.165) is 37.5 Å². The first-order chi connectivity index (χ1) is 11.6. The fraction of sp³-hybridized carbons (Fsp3) is 0.588. The average Bonchev–Trinajstić information content (AvgIpc) is 3.02. The van der Waals surface area contributed by atoms with Crippen LogP contribution in [0, 0.1) is 0 Å². The molecule has 1 atom stereocenters. The molecule has 0 aromatic heterocycles. The Morgan fingerprint density at radius 3 is 2.76 bits per heavy atom. The summed E-state index contributed by atoms with van der Waals surface area (Å²) in [5.74, 6) is 2.05. The Morgan fingerprint density at radius 2 is 2.04 bits per heavy atom. The molecule has 0 spiro atoms. The zero-order valence-corrected chi connectivity index (χ0v) is 17.6. The zero-order valence-electron chi connectivity index (χ0n) is 14.6. The van der Waals surface area contributed by atoms with Crippen molar-refractivity contribution in [3.63, 3.8) is 0 Å². The Kier molecular flexibility index (Phi) is 7.45. The first kappa shape index (κ1) is 20.4. The van der Waals surface area contributed by atoms with Gasteiger partial charge in [-0.05, 0) is 37.5 Å². The smallest absolute Gasteiger partial charge is 0.191 e. The van der Waals surface area contributed by atoms with E-state index in [1.807, 2.05) is 12.1 Å². The van der Waals surface area contributed by atoms with Crippen molar-refractivity contribution in [2.45, 2.75) is 31.9 Å².